The number of allylic oxidation sites excluding steroid dienone is 1. The fourth-order valence-electron chi connectivity index (χ4n) is 2.76. The molecule has 0 bridgehead atoms. The number of amides is 1. The van der Waals surface area contributed by atoms with Crippen LogP contribution in [0.2, 0.25) is 5.02 Å². The lowest BCUT2D eigenvalue weighted by molar-refractivity contribution is -0.114. The van der Waals surface area contributed by atoms with Crippen molar-refractivity contribution in [3.63, 3.8) is 0 Å². The van der Waals surface area contributed by atoms with Crippen molar-refractivity contribution in [3.05, 3.63) is 57.1 Å². The number of carbonyl (C=O) groups excluding carboxylic acids is 1. The van der Waals surface area contributed by atoms with Gasteiger partial charge < -0.3 is 20.8 Å². The van der Waals surface area contributed by atoms with Crippen LogP contribution >= 0.6 is 23.2 Å². The largest absolute Gasteiger partial charge is 0.434 e. The van der Waals surface area contributed by atoms with Crippen LogP contribution in [0.25, 0.3) is 0 Å². The molecular weight excluding hydrogens is 415 g/mol. The molecule has 3 N–H and O–H groups in total. The second-order valence-corrected chi connectivity index (χ2v) is 6.57. The average molecular weight is 428 g/mol. The summed E-state index contributed by atoms with van der Waals surface area (Å²) in [5, 5.41) is 7.01. The normalized spacial score (nSPS) is 14.2. The van der Waals surface area contributed by atoms with Crippen LogP contribution in [-0.4, -0.2) is 33.5 Å². The molecule has 1 amide bonds. The molecule has 1 aliphatic rings. The first-order valence-electron chi connectivity index (χ1n) is 7.92. The third-order valence-corrected chi connectivity index (χ3v) is 4.71. The number of benzene rings is 1. The van der Waals surface area contributed by atoms with Gasteiger partial charge in [-0.1, -0.05) is 23.2 Å². The van der Waals surface area contributed by atoms with Crippen LogP contribution < -0.4 is 10.5 Å². The highest BCUT2D eigenvalue weighted by molar-refractivity contribution is 6.43. The lowest BCUT2D eigenvalue weighted by Gasteiger charge is -2.31. The molecule has 0 unspecified atom stereocenters. The number of primary amides is 1. The summed E-state index contributed by atoms with van der Waals surface area (Å²) < 4.78 is 32.7. The minimum Gasteiger partial charge on any atom is -0.434 e. The molecule has 0 saturated carbocycles. The Morgan fingerprint density at radius 2 is 2.11 bits per heavy atom. The summed E-state index contributed by atoms with van der Waals surface area (Å²) in [5.41, 5.74) is 6.47. The van der Waals surface area contributed by atoms with Crippen LogP contribution in [0.15, 0.2) is 29.2 Å². The van der Waals surface area contributed by atoms with Gasteiger partial charge in [-0.15, -0.1) is 0 Å². The van der Waals surface area contributed by atoms with Gasteiger partial charge in [-0.3, -0.25) is 4.79 Å². The Hall–Kier alpha value is -2.78. The van der Waals surface area contributed by atoms with Crippen molar-refractivity contribution in [3.8, 4) is 11.6 Å². The van der Waals surface area contributed by atoms with Crippen LogP contribution in [0, 0.1) is 17.0 Å². The lowest BCUT2D eigenvalue weighted by atomic mass is 10.1. The van der Waals surface area contributed by atoms with Crippen molar-refractivity contribution in [2.45, 2.75) is 13.0 Å². The van der Waals surface area contributed by atoms with Gasteiger partial charge in [0.1, 0.15) is 17.2 Å². The van der Waals surface area contributed by atoms with Crippen LogP contribution in [-0.2, 0) is 17.8 Å². The molecule has 1 aromatic carbocycles. The first kappa shape index (κ1) is 20.0. The molecule has 0 saturated heterocycles. The smallest absolute Gasteiger partial charge is 0.262 e. The summed E-state index contributed by atoms with van der Waals surface area (Å²) in [4.78, 5) is 21.2. The Kier molecular flexibility index (Phi) is 5.76. The van der Waals surface area contributed by atoms with Crippen molar-refractivity contribution in [2.75, 3.05) is 6.54 Å². The molecule has 28 heavy (non-hydrogen) atoms. The van der Waals surface area contributed by atoms with Crippen LogP contribution in [0.4, 0.5) is 8.78 Å². The van der Waals surface area contributed by atoms with Crippen molar-refractivity contribution in [2.24, 2.45) is 5.73 Å². The molecule has 7 nitrogen and oxygen atoms in total. The number of fused-ring (bicyclic) bond motifs is 1. The quantitative estimate of drug-likeness (QED) is 0.563. The van der Waals surface area contributed by atoms with E-state index < -0.39 is 17.5 Å². The third-order valence-electron chi connectivity index (χ3n) is 4.05. The summed E-state index contributed by atoms with van der Waals surface area (Å²) in [6.07, 6.45) is 2.51. The number of aromatic nitrogens is 2. The highest BCUT2D eigenvalue weighted by Gasteiger charge is 2.26. The van der Waals surface area contributed by atoms with Gasteiger partial charge in [-0.05, 0) is 12.5 Å². The van der Waals surface area contributed by atoms with E-state index in [0.717, 1.165) is 12.3 Å². The molecule has 0 fully saturated rings. The molecule has 3 rings (SSSR count). The van der Waals surface area contributed by atoms with E-state index in [1.165, 1.54) is 6.33 Å². The molecule has 1 aliphatic heterocycles. The maximum absolute atomic E-state index is 14.0. The number of nitrogens with one attached hydrogen (secondary N) is 1. The minimum absolute atomic E-state index is 0.0819. The summed E-state index contributed by atoms with van der Waals surface area (Å²) in [6.45, 7) is 0.548. The third kappa shape index (κ3) is 3.90. The van der Waals surface area contributed by atoms with Crippen molar-refractivity contribution in [1.29, 1.82) is 5.41 Å². The summed E-state index contributed by atoms with van der Waals surface area (Å²) in [5.74, 6) is -2.90. The Balaban J connectivity index is 1.93. The van der Waals surface area contributed by atoms with E-state index in [1.54, 1.807) is 4.90 Å². The van der Waals surface area contributed by atoms with E-state index in [0.29, 0.717) is 30.3 Å². The van der Waals surface area contributed by atoms with E-state index in [4.69, 9.17) is 39.1 Å². The monoisotopic (exact) mass is 427 g/mol. The fourth-order valence-corrected chi connectivity index (χ4v) is 3.17. The van der Waals surface area contributed by atoms with Gasteiger partial charge in [0.05, 0.1) is 23.0 Å². The molecule has 0 spiro atoms. The number of rotatable bonds is 5. The Morgan fingerprint density at radius 3 is 2.75 bits per heavy atom. The Morgan fingerprint density at radius 1 is 1.36 bits per heavy atom. The fraction of sp³-hybridized carbons (Fsp3) is 0.176. The maximum Gasteiger partial charge on any atom is 0.262 e. The van der Waals surface area contributed by atoms with Gasteiger partial charge in [0.2, 0.25) is 5.88 Å². The first-order valence-corrected chi connectivity index (χ1v) is 8.67. The zero-order valence-corrected chi connectivity index (χ0v) is 15.7. The molecule has 2 heterocycles. The van der Waals surface area contributed by atoms with Crippen LogP contribution in [0.1, 0.15) is 11.3 Å². The second kappa shape index (κ2) is 8.07. The Bertz CT molecular complexity index is 977. The predicted molar refractivity (Wildman–Crippen MR) is 98.4 cm³/mol. The standard InChI is InChI=1S/C17H13Cl2F2N5O2/c18-10-3-8(20)4-11(21)15(10)28-17-9-1-2-26(6-12(9)24-7-25-17)13(5-22)14(19)16(23)27/h3-5,7,22H,1-2,6H2,(H2,23,27)/b14-13-,22-5?. The topological polar surface area (TPSA) is 105 Å². The highest BCUT2D eigenvalue weighted by Crippen LogP contribution is 2.35. The summed E-state index contributed by atoms with van der Waals surface area (Å²) in [6, 6.07) is 1.59. The van der Waals surface area contributed by atoms with Gasteiger partial charge in [-0.2, -0.15) is 0 Å². The van der Waals surface area contributed by atoms with Crippen LogP contribution in [0.3, 0.4) is 0 Å². The van der Waals surface area contributed by atoms with Crippen molar-refractivity contribution < 1.29 is 18.3 Å². The van der Waals surface area contributed by atoms with E-state index in [9.17, 15) is 13.6 Å². The van der Waals surface area contributed by atoms with Gasteiger partial charge in [-0.25, -0.2) is 18.7 Å². The SMILES string of the molecule is N=C/C(=C(/Cl)C(N)=O)N1CCc2c(ncnc2Oc2c(F)cc(F)cc2Cl)C1. The van der Waals surface area contributed by atoms with Gasteiger partial charge in [0, 0.05) is 24.4 Å². The van der Waals surface area contributed by atoms with E-state index in [1.807, 2.05) is 0 Å². The predicted octanol–water partition coefficient (Wildman–Crippen LogP) is 3.14. The highest BCUT2D eigenvalue weighted by atomic mass is 35.5. The van der Waals surface area contributed by atoms with E-state index in [-0.39, 0.29) is 33.9 Å². The average Bonchev–Trinajstić information content (AvgIpc) is 2.64. The molecule has 0 radical (unpaired) electrons. The first-order chi connectivity index (χ1) is 13.3. The molecule has 2 aromatic rings. The minimum atomic E-state index is -0.961. The number of hydrogen-bond acceptors (Lipinski definition) is 6. The molecule has 146 valence electrons. The summed E-state index contributed by atoms with van der Waals surface area (Å²) in [7, 11) is 0. The van der Waals surface area contributed by atoms with E-state index >= 15 is 0 Å². The zero-order valence-electron chi connectivity index (χ0n) is 14.2. The maximum atomic E-state index is 14.0. The van der Waals surface area contributed by atoms with Crippen LogP contribution in [0.5, 0.6) is 11.6 Å². The number of ether oxygens (including phenoxy) is 1. The molecule has 0 aliphatic carbocycles. The number of nitrogens with two attached hydrogens (primary N) is 1. The number of carbonyl (C=O) groups is 1. The summed E-state index contributed by atoms with van der Waals surface area (Å²) >= 11 is 11.8. The lowest BCUT2D eigenvalue weighted by Crippen LogP contribution is -2.33. The molecular formula is C17H13Cl2F2N5O2. The van der Waals surface area contributed by atoms with Crippen molar-refractivity contribution >= 4 is 35.3 Å². The van der Waals surface area contributed by atoms with E-state index in [2.05, 4.69) is 9.97 Å². The van der Waals surface area contributed by atoms with Gasteiger partial charge in [0.15, 0.2) is 11.6 Å². The second-order valence-electron chi connectivity index (χ2n) is 5.78. The number of hydrogen-bond donors (Lipinski definition) is 2. The molecule has 0 atom stereocenters. The van der Waals surface area contributed by atoms with Gasteiger partial charge in [0.25, 0.3) is 5.91 Å². The number of nitrogens with zero attached hydrogens (tertiary/aromatic N) is 3. The number of halogens is 4. The zero-order chi connectivity index (χ0) is 20.4. The van der Waals surface area contributed by atoms with Crippen molar-refractivity contribution in [1.82, 2.24) is 14.9 Å². The Labute approximate surface area is 168 Å². The molecule has 1 aromatic heterocycles. The van der Waals surface area contributed by atoms with Gasteiger partial charge >= 0.3 is 0 Å². The molecule has 11 heteroatoms.